The van der Waals surface area contributed by atoms with Crippen LogP contribution in [-0.4, -0.2) is 28.2 Å². The Hall–Kier alpha value is -0.830. The molecule has 0 aromatic heterocycles. The predicted octanol–water partition coefficient (Wildman–Crippen LogP) is 3.79. The number of aliphatic hydroxyl groups excluding tert-OH is 1. The maximum Gasteiger partial charge on any atom is 0.162 e. The third-order valence-corrected chi connectivity index (χ3v) is 3.79. The number of nitrogens with zero attached hydrogens (tertiary/aromatic N) is 1. The van der Waals surface area contributed by atoms with Gasteiger partial charge in [-0.05, 0) is 25.7 Å². The number of hydroxylamine groups is 1. The molecule has 0 saturated heterocycles. The molecule has 3 nitrogen and oxygen atoms in total. The molecule has 1 saturated carbocycles. The Labute approximate surface area is 117 Å². The van der Waals surface area contributed by atoms with Crippen molar-refractivity contribution in [3.63, 3.8) is 0 Å². The summed E-state index contributed by atoms with van der Waals surface area (Å²) in [4.78, 5) is 0. The largest absolute Gasteiger partial charge is 0.624 e. The Kier molecular flexibility index (Phi) is 8.55. The Balaban J connectivity index is 2.21. The number of hydrogen-bond acceptors (Lipinski definition) is 2. The minimum atomic E-state index is -0.512. The van der Waals surface area contributed by atoms with E-state index in [2.05, 4.69) is 6.92 Å². The summed E-state index contributed by atoms with van der Waals surface area (Å²) in [6.45, 7) is 2.18. The average molecular weight is 267 g/mol. The van der Waals surface area contributed by atoms with E-state index < -0.39 is 6.10 Å². The Morgan fingerprint density at radius 2 is 2.00 bits per heavy atom. The molecule has 0 aliphatic heterocycles. The molecule has 1 aliphatic carbocycles. The summed E-state index contributed by atoms with van der Waals surface area (Å²) in [5.41, 5.74) is 0. The molecule has 0 amide bonds. The highest BCUT2D eigenvalue weighted by atomic mass is 16.5. The van der Waals surface area contributed by atoms with Gasteiger partial charge in [0, 0.05) is 12.8 Å². The van der Waals surface area contributed by atoms with Crippen LogP contribution in [-0.2, 0) is 0 Å². The second kappa shape index (κ2) is 10.0. The molecule has 1 fully saturated rings. The van der Waals surface area contributed by atoms with Crippen molar-refractivity contribution in [3.05, 3.63) is 17.4 Å². The summed E-state index contributed by atoms with van der Waals surface area (Å²) in [5, 5.41) is 21.6. The van der Waals surface area contributed by atoms with E-state index in [0.29, 0.717) is 6.42 Å². The maximum atomic E-state index is 11.8. The molecule has 0 aromatic carbocycles. The fraction of sp³-hybridized carbons (Fsp3) is 0.812. The molecule has 3 heteroatoms. The minimum absolute atomic E-state index is 0.148. The van der Waals surface area contributed by atoms with Crippen molar-refractivity contribution in [2.24, 2.45) is 0 Å². The molecule has 0 bridgehead atoms. The van der Waals surface area contributed by atoms with Crippen LogP contribution >= 0.6 is 0 Å². The van der Waals surface area contributed by atoms with Gasteiger partial charge in [0.25, 0.3) is 0 Å². The van der Waals surface area contributed by atoms with Crippen LogP contribution < -0.4 is 0 Å². The van der Waals surface area contributed by atoms with Gasteiger partial charge in [0.15, 0.2) is 12.3 Å². The third kappa shape index (κ3) is 7.36. The van der Waals surface area contributed by atoms with Gasteiger partial charge in [0.1, 0.15) is 0 Å². The van der Waals surface area contributed by atoms with E-state index in [-0.39, 0.29) is 6.04 Å². The highest BCUT2D eigenvalue weighted by molar-refractivity contribution is 5.52. The van der Waals surface area contributed by atoms with Crippen LogP contribution in [0.4, 0.5) is 0 Å². The number of hydrogen-bond donors (Lipinski definition) is 1. The number of allylic oxidation sites excluding steroid dienone is 1. The SMILES string of the molecule is CCCCC/C=C/C(O)C/C=[N+](/[O-])C1CCCCC1. The van der Waals surface area contributed by atoms with Crippen molar-refractivity contribution in [1.29, 1.82) is 0 Å². The topological polar surface area (TPSA) is 46.3 Å². The summed E-state index contributed by atoms with van der Waals surface area (Å²) in [6, 6.07) is 0.148. The lowest BCUT2D eigenvalue weighted by atomic mass is 9.96. The zero-order valence-electron chi connectivity index (χ0n) is 12.3. The first-order valence-electron chi connectivity index (χ1n) is 7.87. The molecule has 110 valence electrons. The van der Waals surface area contributed by atoms with Gasteiger partial charge in [-0.1, -0.05) is 38.3 Å². The first-order chi connectivity index (χ1) is 9.24. The van der Waals surface area contributed by atoms with Crippen molar-refractivity contribution in [1.82, 2.24) is 0 Å². The predicted molar refractivity (Wildman–Crippen MR) is 80.5 cm³/mol. The first kappa shape index (κ1) is 16.2. The number of rotatable bonds is 8. The van der Waals surface area contributed by atoms with E-state index in [4.69, 9.17) is 0 Å². The van der Waals surface area contributed by atoms with Crippen LogP contribution in [0.15, 0.2) is 12.2 Å². The van der Waals surface area contributed by atoms with Crippen molar-refractivity contribution in [3.8, 4) is 0 Å². The van der Waals surface area contributed by atoms with E-state index in [1.165, 1.54) is 25.7 Å². The Bertz CT molecular complexity index is 280. The summed E-state index contributed by atoms with van der Waals surface area (Å²) < 4.78 is 1.08. The Morgan fingerprint density at radius 1 is 1.26 bits per heavy atom. The van der Waals surface area contributed by atoms with E-state index in [1.54, 1.807) is 6.21 Å². The quantitative estimate of drug-likeness (QED) is 0.182. The number of unbranched alkanes of at least 4 members (excludes halogenated alkanes) is 3. The van der Waals surface area contributed by atoms with Crippen LogP contribution in [0, 0.1) is 5.21 Å². The van der Waals surface area contributed by atoms with Gasteiger partial charge in [0.05, 0.1) is 12.5 Å². The summed E-state index contributed by atoms with van der Waals surface area (Å²) in [7, 11) is 0. The molecule has 1 N–H and O–H groups in total. The second-order valence-electron chi connectivity index (χ2n) is 5.56. The lowest BCUT2D eigenvalue weighted by Gasteiger charge is -2.21. The van der Waals surface area contributed by atoms with Crippen molar-refractivity contribution >= 4 is 6.21 Å². The average Bonchev–Trinajstić information content (AvgIpc) is 2.45. The molecule has 0 radical (unpaired) electrons. The van der Waals surface area contributed by atoms with Crippen LogP contribution in [0.1, 0.15) is 71.1 Å². The minimum Gasteiger partial charge on any atom is -0.624 e. The molecule has 1 atom stereocenters. The maximum absolute atomic E-state index is 11.8. The molecule has 0 aromatic rings. The smallest absolute Gasteiger partial charge is 0.162 e. The lowest BCUT2D eigenvalue weighted by Crippen LogP contribution is -2.25. The molecule has 1 unspecified atom stereocenters. The van der Waals surface area contributed by atoms with E-state index >= 15 is 0 Å². The van der Waals surface area contributed by atoms with Gasteiger partial charge < -0.3 is 10.3 Å². The van der Waals surface area contributed by atoms with Crippen LogP contribution in [0.2, 0.25) is 0 Å². The zero-order valence-corrected chi connectivity index (χ0v) is 12.3. The van der Waals surface area contributed by atoms with Gasteiger partial charge in [-0.2, -0.15) is 0 Å². The second-order valence-corrected chi connectivity index (χ2v) is 5.56. The van der Waals surface area contributed by atoms with Crippen molar-refractivity contribution in [2.45, 2.75) is 83.3 Å². The van der Waals surface area contributed by atoms with E-state index in [1.807, 2.05) is 12.2 Å². The number of aliphatic hydroxyl groups is 1. The monoisotopic (exact) mass is 267 g/mol. The fourth-order valence-corrected chi connectivity index (χ4v) is 2.54. The molecule has 19 heavy (non-hydrogen) atoms. The molecular formula is C16H29NO2. The normalized spacial score (nSPS) is 20.0. The molecule has 0 spiro atoms. The van der Waals surface area contributed by atoms with E-state index in [9.17, 15) is 10.3 Å². The van der Waals surface area contributed by atoms with Gasteiger partial charge in [-0.3, -0.25) is 0 Å². The van der Waals surface area contributed by atoms with Crippen molar-refractivity contribution in [2.75, 3.05) is 0 Å². The van der Waals surface area contributed by atoms with Crippen molar-refractivity contribution < 1.29 is 9.85 Å². The van der Waals surface area contributed by atoms with Gasteiger partial charge in [0.2, 0.25) is 0 Å². The van der Waals surface area contributed by atoms with Gasteiger partial charge in [-0.15, -0.1) is 0 Å². The van der Waals surface area contributed by atoms with Crippen LogP contribution in [0.25, 0.3) is 0 Å². The van der Waals surface area contributed by atoms with Gasteiger partial charge >= 0.3 is 0 Å². The highest BCUT2D eigenvalue weighted by Crippen LogP contribution is 2.19. The van der Waals surface area contributed by atoms with Gasteiger partial charge in [-0.25, -0.2) is 4.74 Å². The molecule has 0 heterocycles. The molecule has 1 aliphatic rings. The fourth-order valence-electron chi connectivity index (χ4n) is 2.54. The molecule has 1 rings (SSSR count). The first-order valence-corrected chi connectivity index (χ1v) is 7.87. The summed E-state index contributed by atoms with van der Waals surface area (Å²) in [6.07, 6.45) is 15.6. The lowest BCUT2D eigenvalue weighted by molar-refractivity contribution is -0.502. The van der Waals surface area contributed by atoms with Crippen LogP contribution in [0.3, 0.4) is 0 Å². The zero-order chi connectivity index (χ0) is 13.9. The third-order valence-electron chi connectivity index (χ3n) is 3.79. The standard InChI is InChI=1S/C16H29NO2/c1-2-3-4-5-9-12-16(18)13-14-17(19)15-10-7-6-8-11-15/h9,12,14-16,18H,2-8,10-11,13H2,1H3/b12-9+,17-14+. The molecular weight excluding hydrogens is 238 g/mol. The van der Waals surface area contributed by atoms with Crippen LogP contribution in [0.5, 0.6) is 0 Å². The summed E-state index contributed by atoms with van der Waals surface area (Å²) in [5.74, 6) is 0. The van der Waals surface area contributed by atoms with E-state index in [0.717, 1.165) is 36.8 Å². The Morgan fingerprint density at radius 3 is 2.68 bits per heavy atom. The highest BCUT2D eigenvalue weighted by Gasteiger charge is 2.19. The summed E-state index contributed by atoms with van der Waals surface area (Å²) >= 11 is 0.